The number of hydrogen-bond acceptors (Lipinski definition) is 5. The Labute approximate surface area is 188 Å². The molecule has 4 bridgehead atoms. The molecule has 0 radical (unpaired) electrons. The van der Waals surface area contributed by atoms with E-state index in [1.807, 2.05) is 7.05 Å². The molecule has 0 unspecified atom stereocenters. The molecule has 1 aromatic carbocycles. The molecule has 0 amide bonds. The SMILES string of the molecule is CC(C)Oc1ccc(CCN(C)CC(N)(CO)CO)cc1C1C2CC3CC(C2)CC1C3. The number of nitrogens with zero attached hydrogens (tertiary/aromatic N) is 1. The maximum atomic E-state index is 9.48. The summed E-state index contributed by atoms with van der Waals surface area (Å²) in [4.78, 5) is 2.10. The molecule has 0 aliphatic heterocycles. The summed E-state index contributed by atoms with van der Waals surface area (Å²) in [6, 6.07) is 6.83. The van der Waals surface area contributed by atoms with E-state index in [0.717, 1.165) is 42.4 Å². The number of benzene rings is 1. The van der Waals surface area contributed by atoms with Crippen molar-refractivity contribution < 1.29 is 14.9 Å². The molecule has 5 heteroatoms. The zero-order valence-electron chi connectivity index (χ0n) is 19.6. The molecule has 4 saturated carbocycles. The molecule has 0 atom stereocenters. The molecule has 5 nitrogen and oxygen atoms in total. The Morgan fingerprint density at radius 1 is 1.06 bits per heavy atom. The van der Waals surface area contributed by atoms with Crippen molar-refractivity contribution in [3.8, 4) is 5.75 Å². The van der Waals surface area contributed by atoms with Crippen LogP contribution < -0.4 is 10.5 Å². The number of ether oxygens (including phenoxy) is 1. The van der Waals surface area contributed by atoms with Gasteiger partial charge >= 0.3 is 0 Å². The topological polar surface area (TPSA) is 79.0 Å². The molecular weight excluding hydrogens is 388 g/mol. The third-order valence-electron chi connectivity index (χ3n) is 8.02. The van der Waals surface area contributed by atoms with Crippen molar-refractivity contribution in [1.29, 1.82) is 0 Å². The molecule has 4 aliphatic carbocycles. The lowest BCUT2D eigenvalue weighted by atomic mass is 9.50. The molecule has 4 N–H and O–H groups in total. The van der Waals surface area contributed by atoms with E-state index >= 15 is 0 Å². The normalized spacial score (nSPS) is 29.9. The van der Waals surface area contributed by atoms with Gasteiger partial charge in [-0.15, -0.1) is 0 Å². The van der Waals surface area contributed by atoms with Crippen molar-refractivity contribution >= 4 is 0 Å². The highest BCUT2D eigenvalue weighted by Gasteiger charge is 2.49. The fourth-order valence-electron chi connectivity index (χ4n) is 6.89. The van der Waals surface area contributed by atoms with Gasteiger partial charge in [0.1, 0.15) is 5.75 Å². The van der Waals surface area contributed by atoms with E-state index in [4.69, 9.17) is 10.5 Å². The van der Waals surface area contributed by atoms with Crippen LogP contribution in [0.3, 0.4) is 0 Å². The van der Waals surface area contributed by atoms with Crippen molar-refractivity contribution in [2.45, 2.75) is 69.9 Å². The van der Waals surface area contributed by atoms with E-state index in [0.29, 0.717) is 12.5 Å². The first-order valence-electron chi connectivity index (χ1n) is 12.3. The second-order valence-electron chi connectivity index (χ2n) is 11.2. The van der Waals surface area contributed by atoms with Gasteiger partial charge in [0.05, 0.1) is 24.9 Å². The Balaban J connectivity index is 1.50. The summed E-state index contributed by atoms with van der Waals surface area (Å²) in [7, 11) is 2.00. The van der Waals surface area contributed by atoms with Gasteiger partial charge in [-0.1, -0.05) is 12.1 Å². The summed E-state index contributed by atoms with van der Waals surface area (Å²) in [5, 5.41) is 19.0. The minimum atomic E-state index is -0.949. The predicted octanol–water partition coefficient (Wildman–Crippen LogP) is 3.17. The van der Waals surface area contributed by atoms with Crippen LogP contribution in [-0.4, -0.2) is 60.1 Å². The molecule has 1 aromatic rings. The lowest BCUT2D eigenvalue weighted by Crippen LogP contribution is -2.55. The highest BCUT2D eigenvalue weighted by molar-refractivity contribution is 5.42. The van der Waals surface area contributed by atoms with Crippen LogP contribution in [0, 0.1) is 23.7 Å². The minimum absolute atomic E-state index is 0.183. The maximum absolute atomic E-state index is 9.48. The average molecular weight is 431 g/mol. The van der Waals surface area contributed by atoms with Crippen LogP contribution in [0.5, 0.6) is 5.75 Å². The number of aliphatic hydroxyl groups excluding tert-OH is 2. The van der Waals surface area contributed by atoms with Gasteiger partial charge in [0.15, 0.2) is 0 Å². The van der Waals surface area contributed by atoms with Gasteiger partial charge in [0.25, 0.3) is 0 Å². The minimum Gasteiger partial charge on any atom is -0.491 e. The fourth-order valence-corrected chi connectivity index (χ4v) is 6.89. The van der Waals surface area contributed by atoms with Crippen LogP contribution in [0.4, 0.5) is 0 Å². The van der Waals surface area contributed by atoms with Crippen LogP contribution in [0.1, 0.15) is 63.0 Å². The third kappa shape index (κ3) is 5.11. The van der Waals surface area contributed by atoms with E-state index in [-0.39, 0.29) is 19.3 Å². The zero-order chi connectivity index (χ0) is 22.2. The van der Waals surface area contributed by atoms with Crippen molar-refractivity contribution in [1.82, 2.24) is 4.90 Å². The molecule has 0 heterocycles. The highest BCUT2D eigenvalue weighted by Crippen LogP contribution is 2.60. The van der Waals surface area contributed by atoms with Crippen LogP contribution in [0.2, 0.25) is 0 Å². The highest BCUT2D eigenvalue weighted by atomic mass is 16.5. The van der Waals surface area contributed by atoms with Crippen molar-refractivity contribution in [3.05, 3.63) is 29.3 Å². The Morgan fingerprint density at radius 3 is 2.23 bits per heavy atom. The quantitative estimate of drug-likeness (QED) is 0.531. The molecule has 31 heavy (non-hydrogen) atoms. The first-order chi connectivity index (χ1) is 14.8. The van der Waals surface area contributed by atoms with Crippen molar-refractivity contribution in [2.24, 2.45) is 29.4 Å². The third-order valence-corrected chi connectivity index (χ3v) is 8.02. The molecule has 0 aromatic heterocycles. The van der Waals surface area contributed by atoms with E-state index < -0.39 is 5.54 Å². The predicted molar refractivity (Wildman–Crippen MR) is 124 cm³/mol. The maximum Gasteiger partial charge on any atom is 0.123 e. The van der Waals surface area contributed by atoms with Gasteiger partial charge in [0.2, 0.25) is 0 Å². The molecular formula is C26H42N2O3. The van der Waals surface area contributed by atoms with Gasteiger partial charge in [0, 0.05) is 13.1 Å². The lowest BCUT2D eigenvalue weighted by molar-refractivity contribution is -0.00390. The smallest absolute Gasteiger partial charge is 0.123 e. The molecule has 0 saturated heterocycles. The van der Waals surface area contributed by atoms with Crippen LogP contribution in [0.25, 0.3) is 0 Å². The van der Waals surface area contributed by atoms with E-state index in [2.05, 4.69) is 36.9 Å². The van der Waals surface area contributed by atoms with Gasteiger partial charge in [-0.3, -0.25) is 0 Å². The molecule has 174 valence electrons. The van der Waals surface area contributed by atoms with Gasteiger partial charge in [-0.25, -0.2) is 0 Å². The van der Waals surface area contributed by atoms with Gasteiger partial charge < -0.3 is 25.6 Å². The standard InChI is InChI=1S/C26H42N2O3/c1-17(2)31-24-5-4-18(6-7-28(3)14-26(27,15-29)16-30)13-23(24)25-21-9-19-8-20(11-21)12-22(25)10-19/h4-5,13,17,19-22,25,29-30H,6-12,14-16,27H2,1-3H3. The summed E-state index contributed by atoms with van der Waals surface area (Å²) in [6.07, 6.45) is 8.22. The van der Waals surface area contributed by atoms with E-state index in [1.54, 1.807) is 0 Å². The lowest BCUT2D eigenvalue weighted by Gasteiger charge is -2.54. The Bertz CT molecular complexity index is 718. The summed E-state index contributed by atoms with van der Waals surface area (Å²) >= 11 is 0. The summed E-state index contributed by atoms with van der Waals surface area (Å²) in [6.45, 7) is 5.11. The zero-order valence-corrected chi connectivity index (χ0v) is 19.6. The number of aliphatic hydroxyl groups is 2. The number of hydrogen-bond donors (Lipinski definition) is 3. The number of rotatable bonds is 10. The van der Waals surface area contributed by atoms with Crippen LogP contribution >= 0.6 is 0 Å². The first-order valence-corrected chi connectivity index (χ1v) is 12.3. The first kappa shape index (κ1) is 23.0. The Hall–Kier alpha value is -1.14. The second-order valence-corrected chi connectivity index (χ2v) is 11.2. The monoisotopic (exact) mass is 430 g/mol. The van der Waals surface area contributed by atoms with E-state index in [9.17, 15) is 10.2 Å². The molecule has 4 aliphatic rings. The fraction of sp³-hybridized carbons (Fsp3) is 0.769. The molecule has 4 fully saturated rings. The Morgan fingerprint density at radius 2 is 1.68 bits per heavy atom. The Kier molecular flexibility index (Phi) is 6.97. The number of nitrogens with two attached hydrogens (primary N) is 1. The van der Waals surface area contributed by atoms with Gasteiger partial charge in [-0.2, -0.15) is 0 Å². The van der Waals surface area contributed by atoms with Crippen molar-refractivity contribution in [2.75, 3.05) is 33.4 Å². The average Bonchev–Trinajstić information content (AvgIpc) is 2.72. The number of likely N-dealkylation sites (N-methyl/N-ethyl adjacent to an activating group) is 1. The van der Waals surface area contributed by atoms with Crippen LogP contribution in [0.15, 0.2) is 18.2 Å². The molecule has 5 rings (SSSR count). The summed E-state index contributed by atoms with van der Waals surface area (Å²) < 4.78 is 6.29. The largest absolute Gasteiger partial charge is 0.491 e. The van der Waals surface area contributed by atoms with Crippen molar-refractivity contribution in [3.63, 3.8) is 0 Å². The summed E-state index contributed by atoms with van der Waals surface area (Å²) in [5.41, 5.74) is 7.90. The molecule has 0 spiro atoms. The summed E-state index contributed by atoms with van der Waals surface area (Å²) in [5.74, 6) is 5.34. The second kappa shape index (κ2) is 9.38. The van der Waals surface area contributed by atoms with Crippen LogP contribution in [-0.2, 0) is 6.42 Å². The van der Waals surface area contributed by atoms with E-state index in [1.165, 1.54) is 43.2 Å². The van der Waals surface area contributed by atoms with Gasteiger partial charge in [-0.05, 0) is 106 Å².